The lowest BCUT2D eigenvalue weighted by Crippen LogP contribution is -2.20. The van der Waals surface area contributed by atoms with Crippen LogP contribution in [-0.4, -0.2) is 11.1 Å². The van der Waals surface area contributed by atoms with E-state index in [9.17, 15) is 9.18 Å². The third-order valence-corrected chi connectivity index (χ3v) is 3.83. The molecule has 4 heteroatoms. The minimum Gasteiger partial charge on any atom is -0.481 e. The van der Waals surface area contributed by atoms with Gasteiger partial charge in [-0.25, -0.2) is 4.39 Å². The van der Waals surface area contributed by atoms with Crippen molar-refractivity contribution in [2.75, 3.05) is 0 Å². The average Bonchev–Trinajstić information content (AvgIpc) is 2.70. The topological polar surface area (TPSA) is 37.3 Å². The number of benzene rings is 1. The molecule has 1 fully saturated rings. The minimum atomic E-state index is -0.731. The summed E-state index contributed by atoms with van der Waals surface area (Å²) in [5.74, 6) is -1.25. The summed E-state index contributed by atoms with van der Waals surface area (Å²) in [7, 11) is 0. The van der Waals surface area contributed by atoms with Crippen LogP contribution < -0.4 is 0 Å². The van der Waals surface area contributed by atoms with Gasteiger partial charge in [0.25, 0.3) is 0 Å². The summed E-state index contributed by atoms with van der Waals surface area (Å²) in [4.78, 5) is 11.0. The Hall–Kier alpha value is -1.09. The second-order valence-corrected chi connectivity index (χ2v) is 4.98. The van der Waals surface area contributed by atoms with Crippen LogP contribution in [0.3, 0.4) is 0 Å². The van der Waals surface area contributed by atoms with E-state index in [1.54, 1.807) is 6.07 Å². The van der Waals surface area contributed by atoms with E-state index >= 15 is 0 Å². The second-order valence-electron chi connectivity index (χ2n) is 4.58. The van der Waals surface area contributed by atoms with E-state index in [1.807, 2.05) is 0 Å². The molecule has 1 saturated carbocycles. The summed E-state index contributed by atoms with van der Waals surface area (Å²) in [5.41, 5.74) is 0.839. The molecule has 0 aliphatic heterocycles. The highest BCUT2D eigenvalue weighted by Crippen LogP contribution is 2.35. The van der Waals surface area contributed by atoms with Gasteiger partial charge in [0.2, 0.25) is 0 Å². The van der Waals surface area contributed by atoms with Crippen LogP contribution in [0.5, 0.6) is 0 Å². The number of halogens is 2. The smallest absolute Gasteiger partial charge is 0.306 e. The van der Waals surface area contributed by atoms with E-state index < -0.39 is 5.97 Å². The van der Waals surface area contributed by atoms with Gasteiger partial charge in [0.15, 0.2) is 0 Å². The van der Waals surface area contributed by atoms with Crippen LogP contribution in [0.2, 0.25) is 5.02 Å². The van der Waals surface area contributed by atoms with Crippen LogP contribution in [0.25, 0.3) is 0 Å². The fourth-order valence-electron chi connectivity index (χ4n) is 2.58. The zero-order valence-corrected chi connectivity index (χ0v) is 10.1. The molecule has 0 bridgehead atoms. The molecule has 2 rings (SSSR count). The third-order valence-electron chi connectivity index (χ3n) is 3.47. The highest BCUT2D eigenvalue weighted by molar-refractivity contribution is 6.31. The Bertz CT molecular complexity index is 433. The summed E-state index contributed by atoms with van der Waals surface area (Å²) in [6.45, 7) is 0. The van der Waals surface area contributed by atoms with E-state index in [4.69, 9.17) is 16.7 Å². The van der Waals surface area contributed by atoms with Crippen molar-refractivity contribution in [3.8, 4) is 0 Å². The number of carboxylic acids is 1. The van der Waals surface area contributed by atoms with Crippen LogP contribution in [0, 0.1) is 17.7 Å². The fraction of sp³-hybridized carbons (Fsp3) is 0.462. The monoisotopic (exact) mass is 256 g/mol. The summed E-state index contributed by atoms with van der Waals surface area (Å²) >= 11 is 5.95. The summed E-state index contributed by atoms with van der Waals surface area (Å²) < 4.78 is 12.9. The van der Waals surface area contributed by atoms with Gasteiger partial charge >= 0.3 is 5.97 Å². The molecule has 17 heavy (non-hydrogen) atoms. The van der Waals surface area contributed by atoms with Crippen molar-refractivity contribution in [2.45, 2.75) is 25.7 Å². The van der Waals surface area contributed by atoms with Gasteiger partial charge in [-0.2, -0.15) is 0 Å². The first-order chi connectivity index (χ1) is 8.08. The van der Waals surface area contributed by atoms with Gasteiger partial charge in [0.1, 0.15) is 5.82 Å². The zero-order chi connectivity index (χ0) is 12.4. The molecule has 0 heterocycles. The number of hydrogen-bond donors (Lipinski definition) is 1. The van der Waals surface area contributed by atoms with Crippen molar-refractivity contribution in [3.05, 3.63) is 34.6 Å². The van der Waals surface area contributed by atoms with Crippen LogP contribution >= 0.6 is 11.6 Å². The Morgan fingerprint density at radius 2 is 2.24 bits per heavy atom. The first-order valence-corrected chi connectivity index (χ1v) is 6.12. The van der Waals surface area contributed by atoms with Crippen molar-refractivity contribution < 1.29 is 14.3 Å². The quantitative estimate of drug-likeness (QED) is 0.898. The van der Waals surface area contributed by atoms with E-state index in [1.165, 1.54) is 12.1 Å². The largest absolute Gasteiger partial charge is 0.481 e. The molecule has 1 aromatic carbocycles. The first-order valence-electron chi connectivity index (χ1n) is 5.74. The summed E-state index contributed by atoms with van der Waals surface area (Å²) in [6.07, 6.45) is 3.21. The molecule has 0 aromatic heterocycles. The molecule has 2 unspecified atom stereocenters. The lowest BCUT2D eigenvalue weighted by molar-refractivity contribution is -0.142. The van der Waals surface area contributed by atoms with E-state index in [2.05, 4.69) is 0 Å². The van der Waals surface area contributed by atoms with Crippen LogP contribution in [0.15, 0.2) is 18.2 Å². The molecule has 2 atom stereocenters. The Balaban J connectivity index is 2.12. The van der Waals surface area contributed by atoms with Crippen LogP contribution in [-0.2, 0) is 11.2 Å². The molecule has 1 aliphatic carbocycles. The minimum absolute atomic E-state index is 0.121. The average molecular weight is 257 g/mol. The lowest BCUT2D eigenvalue weighted by Gasteiger charge is -2.16. The third kappa shape index (κ3) is 2.78. The Labute approximate surface area is 104 Å². The predicted molar refractivity (Wildman–Crippen MR) is 63.6 cm³/mol. The van der Waals surface area contributed by atoms with Gasteiger partial charge < -0.3 is 5.11 Å². The van der Waals surface area contributed by atoms with Gasteiger partial charge in [-0.05, 0) is 42.9 Å². The molecule has 2 nitrogen and oxygen atoms in total. The second kappa shape index (κ2) is 5.05. The predicted octanol–water partition coefficient (Wildman–Crippen LogP) is 3.52. The highest BCUT2D eigenvalue weighted by atomic mass is 35.5. The van der Waals surface area contributed by atoms with Gasteiger partial charge in [-0.15, -0.1) is 0 Å². The summed E-state index contributed by atoms with van der Waals surface area (Å²) in [6, 6.07) is 4.29. The maximum absolute atomic E-state index is 12.9. The first kappa shape index (κ1) is 12.4. The molecular weight excluding hydrogens is 243 g/mol. The van der Waals surface area contributed by atoms with Crippen molar-refractivity contribution in [1.82, 2.24) is 0 Å². The van der Waals surface area contributed by atoms with E-state index in [0.717, 1.165) is 24.8 Å². The Kier molecular flexibility index (Phi) is 3.67. The van der Waals surface area contributed by atoms with Gasteiger partial charge in [0, 0.05) is 5.02 Å². The molecule has 0 amide bonds. The lowest BCUT2D eigenvalue weighted by atomic mass is 9.90. The highest BCUT2D eigenvalue weighted by Gasteiger charge is 2.33. The molecule has 92 valence electrons. The SMILES string of the molecule is O=C(O)C1CCCC1Cc1ccc(F)cc1Cl. The summed E-state index contributed by atoms with van der Waals surface area (Å²) in [5, 5.41) is 9.47. The zero-order valence-electron chi connectivity index (χ0n) is 9.33. The fourth-order valence-corrected chi connectivity index (χ4v) is 2.82. The number of rotatable bonds is 3. The maximum atomic E-state index is 12.9. The number of hydrogen-bond acceptors (Lipinski definition) is 1. The molecule has 0 radical (unpaired) electrons. The molecule has 0 saturated heterocycles. The van der Waals surface area contributed by atoms with E-state index in [-0.39, 0.29) is 17.7 Å². The number of carbonyl (C=O) groups is 1. The molecule has 0 spiro atoms. The molecule has 1 aliphatic rings. The Morgan fingerprint density at radius 1 is 1.47 bits per heavy atom. The van der Waals surface area contributed by atoms with Crippen molar-refractivity contribution in [3.63, 3.8) is 0 Å². The van der Waals surface area contributed by atoms with Crippen molar-refractivity contribution in [2.24, 2.45) is 11.8 Å². The van der Waals surface area contributed by atoms with Crippen LogP contribution in [0.1, 0.15) is 24.8 Å². The van der Waals surface area contributed by atoms with Crippen molar-refractivity contribution >= 4 is 17.6 Å². The van der Waals surface area contributed by atoms with E-state index in [0.29, 0.717) is 11.4 Å². The standard InChI is InChI=1S/C13H14ClFO2/c14-12-7-10(15)5-4-9(12)6-8-2-1-3-11(8)13(16)17/h4-5,7-8,11H,1-3,6H2,(H,16,17). The normalized spacial score (nSPS) is 23.9. The maximum Gasteiger partial charge on any atom is 0.306 e. The van der Waals surface area contributed by atoms with Gasteiger partial charge in [-0.1, -0.05) is 24.1 Å². The van der Waals surface area contributed by atoms with Crippen LogP contribution in [0.4, 0.5) is 4.39 Å². The molecule has 1 N–H and O–H groups in total. The molecule has 1 aromatic rings. The number of carboxylic acid groups (broad SMARTS) is 1. The number of aliphatic carboxylic acids is 1. The Morgan fingerprint density at radius 3 is 2.88 bits per heavy atom. The van der Waals surface area contributed by atoms with Gasteiger partial charge in [0.05, 0.1) is 5.92 Å². The van der Waals surface area contributed by atoms with Gasteiger partial charge in [-0.3, -0.25) is 4.79 Å². The molecular formula is C13H14ClFO2. The van der Waals surface area contributed by atoms with Crippen molar-refractivity contribution in [1.29, 1.82) is 0 Å².